The molecule has 5 nitrogen and oxygen atoms in total. The van der Waals surface area contributed by atoms with Crippen LogP contribution in [0.4, 0.5) is 11.4 Å². The van der Waals surface area contributed by atoms with Gasteiger partial charge in [0.2, 0.25) is 0 Å². The third-order valence-electron chi connectivity index (χ3n) is 7.98. The average molecular weight is 595 g/mol. The first kappa shape index (κ1) is 28.4. The van der Waals surface area contributed by atoms with Crippen LogP contribution in [0.5, 0.6) is 0 Å². The Kier molecular flexibility index (Phi) is 7.77. The van der Waals surface area contributed by atoms with E-state index in [0.29, 0.717) is 28.1 Å². The lowest BCUT2D eigenvalue weighted by atomic mass is 9.87. The predicted octanol–water partition coefficient (Wildman–Crippen LogP) is 9.08. The van der Waals surface area contributed by atoms with Gasteiger partial charge in [0.1, 0.15) is 0 Å². The summed E-state index contributed by atoms with van der Waals surface area (Å²) in [4.78, 5) is 27.0. The first-order valence-corrected chi connectivity index (χ1v) is 15.7. The number of allylic oxidation sites excluding steroid dienone is 1. The van der Waals surface area contributed by atoms with Crippen LogP contribution in [0.25, 0.3) is 22.6 Å². The largest absolute Gasteiger partial charge is 0.362 e. The maximum atomic E-state index is 13.9. The van der Waals surface area contributed by atoms with Gasteiger partial charge in [0, 0.05) is 46.5 Å². The number of benzene rings is 3. The summed E-state index contributed by atoms with van der Waals surface area (Å²) < 4.78 is 0. The van der Waals surface area contributed by atoms with E-state index in [2.05, 4.69) is 67.9 Å². The topological polar surface area (TPSA) is 51.7 Å². The second-order valence-electron chi connectivity index (χ2n) is 11.4. The Labute approximate surface area is 257 Å². The number of hydrogen-bond acceptors (Lipinski definition) is 4. The van der Waals surface area contributed by atoms with Crippen LogP contribution in [0.1, 0.15) is 50.8 Å². The zero-order valence-electron chi connectivity index (χ0n) is 24.4. The van der Waals surface area contributed by atoms with E-state index >= 15 is 0 Å². The van der Waals surface area contributed by atoms with Gasteiger partial charge in [-0.3, -0.25) is 9.69 Å². The Morgan fingerprint density at radius 1 is 1.05 bits per heavy atom. The fraction of sp³-hybridized carbons (Fsp3) is 0.257. The molecular weight excluding hydrogens is 560 g/mol. The summed E-state index contributed by atoms with van der Waals surface area (Å²) in [5.41, 5.74) is 7.36. The number of hydrogen-bond donors (Lipinski definition) is 1. The number of para-hydroxylation sites is 2. The molecule has 7 heteroatoms. The quantitative estimate of drug-likeness (QED) is 0.217. The fourth-order valence-electron chi connectivity index (χ4n) is 5.97. The molecule has 42 heavy (non-hydrogen) atoms. The van der Waals surface area contributed by atoms with Gasteiger partial charge in [-0.05, 0) is 98.5 Å². The molecule has 3 aromatic carbocycles. The summed E-state index contributed by atoms with van der Waals surface area (Å²) in [6.07, 6.45) is 8.04. The first-order valence-electron chi connectivity index (χ1n) is 14.5. The number of aromatic nitrogens is 1. The van der Waals surface area contributed by atoms with Crippen LogP contribution in [0.15, 0.2) is 88.9 Å². The smallest absolute Gasteiger partial charge is 0.266 e. The first-order chi connectivity index (χ1) is 20.2. The van der Waals surface area contributed by atoms with Crippen LogP contribution >= 0.6 is 23.4 Å². The van der Waals surface area contributed by atoms with E-state index in [0.717, 1.165) is 41.0 Å². The number of nitrogens with zero attached hydrogens (tertiary/aromatic N) is 3. The molecule has 1 fully saturated rings. The Balaban J connectivity index is 1.35. The van der Waals surface area contributed by atoms with Crippen LogP contribution in [0.2, 0.25) is 5.02 Å². The van der Waals surface area contributed by atoms with Crippen molar-refractivity contribution in [3.8, 4) is 0 Å². The van der Waals surface area contributed by atoms with Gasteiger partial charge in [-0.2, -0.15) is 0 Å². The summed E-state index contributed by atoms with van der Waals surface area (Å²) >= 11 is 8.33. The average Bonchev–Trinajstić information content (AvgIpc) is 3.51. The van der Waals surface area contributed by atoms with Crippen molar-refractivity contribution >= 4 is 68.4 Å². The summed E-state index contributed by atoms with van der Waals surface area (Å²) in [5, 5.41) is 2.50. The molecule has 1 amide bonds. The number of halogens is 1. The number of nitrogens with one attached hydrogen (secondary N) is 1. The molecule has 0 unspecified atom stereocenters. The van der Waals surface area contributed by atoms with E-state index in [1.165, 1.54) is 28.3 Å². The number of carbonyl (C=O) groups is 1. The minimum absolute atomic E-state index is 0.0516. The summed E-state index contributed by atoms with van der Waals surface area (Å²) in [6, 6.07) is 22.2. The molecule has 4 aromatic rings. The highest BCUT2D eigenvalue weighted by atomic mass is 35.5. The molecule has 1 aromatic heterocycles. The summed E-state index contributed by atoms with van der Waals surface area (Å²) in [5.74, 6) is -0.0516. The maximum absolute atomic E-state index is 13.9. The number of H-pyrrole nitrogens is 1. The number of aliphatic imine (C=N–C) groups is 1. The molecule has 0 saturated carbocycles. The van der Waals surface area contributed by atoms with Crippen molar-refractivity contribution in [1.82, 2.24) is 9.88 Å². The van der Waals surface area contributed by atoms with Crippen LogP contribution < -0.4 is 4.90 Å². The number of rotatable bonds is 7. The molecule has 3 heterocycles. The number of thioether (sulfide) groups is 1. The van der Waals surface area contributed by atoms with Crippen molar-refractivity contribution in [3.05, 3.63) is 106 Å². The SMILES string of the molecule is CCCN1c2cc(Cl)c(/C=C3/SC(=Nc4ccccc4)N(CCc4c[nH]c5ccccc45)C3=O)cc2C(C)=CC1(C)C. The lowest BCUT2D eigenvalue weighted by molar-refractivity contribution is -0.122. The third kappa shape index (κ3) is 5.41. The van der Waals surface area contributed by atoms with E-state index in [1.54, 1.807) is 4.90 Å². The zero-order valence-corrected chi connectivity index (χ0v) is 26.0. The molecule has 0 radical (unpaired) electrons. The second-order valence-corrected chi connectivity index (χ2v) is 12.8. The normalized spacial score (nSPS) is 18.3. The van der Waals surface area contributed by atoms with Gasteiger partial charge in [0.25, 0.3) is 5.91 Å². The molecule has 6 rings (SSSR count). The van der Waals surface area contributed by atoms with Crippen molar-refractivity contribution in [3.63, 3.8) is 0 Å². The van der Waals surface area contributed by atoms with Crippen molar-refractivity contribution in [2.75, 3.05) is 18.0 Å². The second kappa shape index (κ2) is 11.5. The molecule has 214 valence electrons. The maximum Gasteiger partial charge on any atom is 0.266 e. The number of fused-ring (bicyclic) bond motifs is 2. The van der Waals surface area contributed by atoms with Gasteiger partial charge in [0.15, 0.2) is 5.17 Å². The minimum Gasteiger partial charge on any atom is -0.362 e. The molecule has 2 aliphatic rings. The monoisotopic (exact) mass is 594 g/mol. The number of aromatic amines is 1. The summed E-state index contributed by atoms with van der Waals surface area (Å²) in [6.45, 7) is 10.3. The van der Waals surface area contributed by atoms with E-state index in [9.17, 15) is 4.79 Å². The van der Waals surface area contributed by atoms with Gasteiger partial charge in [-0.1, -0.05) is 61.0 Å². The van der Waals surface area contributed by atoms with Crippen LogP contribution in [-0.4, -0.2) is 39.6 Å². The van der Waals surface area contributed by atoms with E-state index in [-0.39, 0.29) is 11.4 Å². The number of amides is 1. The van der Waals surface area contributed by atoms with Gasteiger partial charge in [-0.25, -0.2) is 4.99 Å². The van der Waals surface area contributed by atoms with Crippen LogP contribution in [0, 0.1) is 0 Å². The highest BCUT2D eigenvalue weighted by Gasteiger charge is 2.35. The summed E-state index contributed by atoms with van der Waals surface area (Å²) in [7, 11) is 0. The van der Waals surface area contributed by atoms with Crippen molar-refractivity contribution in [2.45, 2.75) is 46.1 Å². The standard InChI is InChI=1S/C35H35ClN4OS/c1-5-16-40-31-20-29(36)25(18-28(31)23(2)21-35(40,3)4)19-32-33(41)39(34(42-32)38-26-11-7-6-8-12-26)17-15-24-22-37-30-14-10-9-13-27(24)30/h6-14,18-22,37H,5,15-17H2,1-4H3/b32-19+,38-34?. The number of carbonyl (C=O) groups excluding carboxylic acids is 1. The van der Waals surface area contributed by atoms with Crippen LogP contribution in [-0.2, 0) is 11.2 Å². The highest BCUT2D eigenvalue weighted by molar-refractivity contribution is 8.18. The fourth-order valence-corrected chi connectivity index (χ4v) is 7.20. The van der Waals surface area contributed by atoms with E-state index in [1.807, 2.05) is 54.7 Å². The molecule has 0 bridgehead atoms. The number of anilines is 1. The van der Waals surface area contributed by atoms with Gasteiger partial charge in [0.05, 0.1) is 16.1 Å². The predicted molar refractivity (Wildman–Crippen MR) is 180 cm³/mol. The minimum atomic E-state index is -0.0955. The third-order valence-corrected chi connectivity index (χ3v) is 9.31. The molecule has 0 spiro atoms. The molecule has 1 N–H and O–H groups in total. The van der Waals surface area contributed by atoms with Crippen molar-refractivity contribution in [2.24, 2.45) is 4.99 Å². The molecule has 2 aliphatic heterocycles. The van der Waals surface area contributed by atoms with Crippen molar-refractivity contribution in [1.29, 1.82) is 0 Å². The Morgan fingerprint density at radius 3 is 2.60 bits per heavy atom. The lowest BCUT2D eigenvalue weighted by Crippen LogP contribution is -2.45. The highest BCUT2D eigenvalue weighted by Crippen LogP contribution is 2.43. The molecule has 0 aliphatic carbocycles. The Morgan fingerprint density at radius 2 is 1.81 bits per heavy atom. The van der Waals surface area contributed by atoms with Gasteiger partial charge >= 0.3 is 0 Å². The van der Waals surface area contributed by atoms with E-state index < -0.39 is 0 Å². The van der Waals surface area contributed by atoms with Crippen LogP contribution in [0.3, 0.4) is 0 Å². The van der Waals surface area contributed by atoms with Gasteiger partial charge < -0.3 is 9.88 Å². The molecule has 1 saturated heterocycles. The molecular formula is C35H35ClN4OS. The Bertz CT molecular complexity index is 1750. The lowest BCUT2D eigenvalue weighted by Gasteiger charge is -2.43. The van der Waals surface area contributed by atoms with Gasteiger partial charge in [-0.15, -0.1) is 0 Å². The van der Waals surface area contributed by atoms with Crippen molar-refractivity contribution < 1.29 is 4.79 Å². The zero-order chi connectivity index (χ0) is 29.4. The van der Waals surface area contributed by atoms with E-state index in [4.69, 9.17) is 16.6 Å². The Hall–Kier alpha value is -3.74. The molecule has 0 atom stereocenters. The number of amidine groups is 1.